The van der Waals surface area contributed by atoms with E-state index < -0.39 is 20.0 Å². The van der Waals surface area contributed by atoms with Gasteiger partial charge in [0.15, 0.2) is 0 Å². The molecule has 8 nitrogen and oxygen atoms in total. The topological polar surface area (TPSA) is 125 Å². The Kier molecular flexibility index (Phi) is 6.25. The van der Waals surface area contributed by atoms with Crippen LogP contribution in [0, 0.1) is 11.8 Å². The first-order valence-corrected chi connectivity index (χ1v) is 9.11. The van der Waals surface area contributed by atoms with Crippen LogP contribution < -0.4 is 9.44 Å². The SMILES string of the molecule is CS(=O)(=O)NCCNS(=O)(=O)c1cncc(C#CCO)c1. The largest absolute Gasteiger partial charge is 0.384 e. The molecule has 0 spiro atoms. The number of hydrogen-bond acceptors (Lipinski definition) is 6. The quantitative estimate of drug-likeness (QED) is 0.419. The summed E-state index contributed by atoms with van der Waals surface area (Å²) in [6.07, 6.45) is 3.50. The molecule has 1 rings (SSSR count). The summed E-state index contributed by atoms with van der Waals surface area (Å²) in [4.78, 5) is 3.67. The van der Waals surface area contributed by atoms with Gasteiger partial charge in [-0.15, -0.1) is 0 Å². The molecular formula is C11H15N3O5S2. The summed E-state index contributed by atoms with van der Waals surface area (Å²) in [6.45, 7) is -0.496. The van der Waals surface area contributed by atoms with Crippen molar-refractivity contribution in [3.8, 4) is 11.8 Å². The van der Waals surface area contributed by atoms with Crippen molar-refractivity contribution in [2.75, 3.05) is 26.0 Å². The highest BCUT2D eigenvalue weighted by molar-refractivity contribution is 7.89. The van der Waals surface area contributed by atoms with E-state index in [-0.39, 0.29) is 24.6 Å². The van der Waals surface area contributed by atoms with Gasteiger partial charge >= 0.3 is 0 Å². The third kappa shape index (κ3) is 6.65. The van der Waals surface area contributed by atoms with Crippen molar-refractivity contribution in [1.29, 1.82) is 0 Å². The van der Waals surface area contributed by atoms with Gasteiger partial charge in [-0.3, -0.25) is 4.98 Å². The Bertz CT molecular complexity index is 748. The van der Waals surface area contributed by atoms with Gasteiger partial charge in [-0.05, 0) is 6.07 Å². The predicted octanol–water partition coefficient (Wildman–Crippen LogP) is -1.75. The fourth-order valence-electron chi connectivity index (χ4n) is 1.28. The number of nitrogens with one attached hydrogen (secondary N) is 2. The Morgan fingerprint density at radius 1 is 1.19 bits per heavy atom. The molecule has 0 aromatic carbocycles. The van der Waals surface area contributed by atoms with Gasteiger partial charge in [-0.25, -0.2) is 26.3 Å². The molecule has 116 valence electrons. The molecule has 0 aliphatic heterocycles. The van der Waals surface area contributed by atoms with Gasteiger partial charge in [0.2, 0.25) is 20.0 Å². The molecule has 0 saturated heterocycles. The summed E-state index contributed by atoms with van der Waals surface area (Å²) in [6, 6.07) is 1.31. The van der Waals surface area contributed by atoms with Gasteiger partial charge in [0.05, 0.1) is 6.26 Å². The zero-order valence-corrected chi connectivity index (χ0v) is 12.8. The van der Waals surface area contributed by atoms with Crippen LogP contribution in [0.25, 0.3) is 0 Å². The summed E-state index contributed by atoms with van der Waals surface area (Å²) < 4.78 is 50.0. The maximum absolute atomic E-state index is 12.0. The molecule has 1 aromatic rings. The van der Waals surface area contributed by atoms with E-state index in [0.29, 0.717) is 5.56 Å². The number of sulfonamides is 2. The molecule has 0 radical (unpaired) electrons. The summed E-state index contributed by atoms with van der Waals surface area (Å²) in [5.41, 5.74) is 0.348. The lowest BCUT2D eigenvalue weighted by Crippen LogP contribution is -2.34. The lowest BCUT2D eigenvalue weighted by Gasteiger charge is -2.07. The smallest absolute Gasteiger partial charge is 0.242 e. The van der Waals surface area contributed by atoms with E-state index in [1.165, 1.54) is 12.3 Å². The summed E-state index contributed by atoms with van der Waals surface area (Å²) in [5.74, 6) is 4.93. The lowest BCUT2D eigenvalue weighted by molar-refractivity contribution is 0.350. The summed E-state index contributed by atoms with van der Waals surface area (Å²) in [5, 5.41) is 8.59. The minimum atomic E-state index is -3.80. The van der Waals surface area contributed by atoms with Crippen molar-refractivity contribution in [2.24, 2.45) is 0 Å². The number of hydrogen-bond donors (Lipinski definition) is 3. The van der Waals surface area contributed by atoms with Crippen LogP contribution in [0.1, 0.15) is 5.56 Å². The zero-order chi connectivity index (χ0) is 15.9. The Labute approximate surface area is 123 Å². The van der Waals surface area contributed by atoms with Crippen LogP contribution in [0.3, 0.4) is 0 Å². The van der Waals surface area contributed by atoms with E-state index in [1.807, 2.05) is 0 Å². The van der Waals surface area contributed by atoms with Crippen molar-refractivity contribution in [3.05, 3.63) is 24.0 Å². The number of nitrogens with zero attached hydrogens (tertiary/aromatic N) is 1. The maximum atomic E-state index is 12.0. The van der Waals surface area contributed by atoms with Crippen LogP contribution in [0.15, 0.2) is 23.4 Å². The number of rotatable bonds is 6. The van der Waals surface area contributed by atoms with E-state index >= 15 is 0 Å². The number of aliphatic hydroxyl groups excluding tert-OH is 1. The molecule has 1 heterocycles. The maximum Gasteiger partial charge on any atom is 0.242 e. The first kappa shape index (κ1) is 17.5. The Morgan fingerprint density at radius 3 is 2.48 bits per heavy atom. The highest BCUT2D eigenvalue weighted by Crippen LogP contribution is 2.08. The molecule has 10 heteroatoms. The van der Waals surface area contributed by atoms with Gasteiger partial charge in [-0.2, -0.15) is 0 Å². The number of aromatic nitrogens is 1. The van der Waals surface area contributed by atoms with Gasteiger partial charge in [0.1, 0.15) is 11.5 Å². The normalized spacial score (nSPS) is 11.7. The average Bonchev–Trinajstić information content (AvgIpc) is 2.41. The second-order valence-electron chi connectivity index (χ2n) is 3.93. The van der Waals surface area contributed by atoms with Gasteiger partial charge in [0, 0.05) is 31.0 Å². The van der Waals surface area contributed by atoms with Crippen LogP contribution in [0.4, 0.5) is 0 Å². The van der Waals surface area contributed by atoms with E-state index in [0.717, 1.165) is 12.5 Å². The average molecular weight is 333 g/mol. The molecule has 0 aliphatic rings. The molecular weight excluding hydrogens is 318 g/mol. The molecule has 0 aliphatic carbocycles. The molecule has 3 N–H and O–H groups in total. The van der Waals surface area contributed by atoms with Gasteiger partial charge in [-0.1, -0.05) is 11.8 Å². The van der Waals surface area contributed by atoms with Gasteiger partial charge < -0.3 is 5.11 Å². The van der Waals surface area contributed by atoms with Crippen molar-refractivity contribution in [2.45, 2.75) is 4.90 Å². The summed E-state index contributed by atoms with van der Waals surface area (Å²) >= 11 is 0. The van der Waals surface area contributed by atoms with Crippen LogP contribution in [-0.2, 0) is 20.0 Å². The third-order valence-electron chi connectivity index (χ3n) is 2.12. The Morgan fingerprint density at radius 2 is 1.86 bits per heavy atom. The number of pyridine rings is 1. The fourth-order valence-corrected chi connectivity index (χ4v) is 2.77. The minimum absolute atomic E-state index is 0.0600. The van der Waals surface area contributed by atoms with Gasteiger partial charge in [0.25, 0.3) is 0 Å². The van der Waals surface area contributed by atoms with Crippen LogP contribution in [0.2, 0.25) is 0 Å². The molecule has 0 bridgehead atoms. The van der Waals surface area contributed by atoms with E-state index in [4.69, 9.17) is 5.11 Å². The molecule has 0 atom stereocenters. The van der Waals surface area contributed by atoms with Crippen LogP contribution in [-0.4, -0.2) is 52.9 Å². The monoisotopic (exact) mass is 333 g/mol. The molecule has 0 unspecified atom stereocenters. The molecule has 0 fully saturated rings. The second-order valence-corrected chi connectivity index (χ2v) is 7.53. The molecule has 0 saturated carbocycles. The van der Waals surface area contributed by atoms with E-state index in [1.54, 1.807) is 0 Å². The zero-order valence-electron chi connectivity index (χ0n) is 11.2. The summed E-state index contributed by atoms with van der Waals surface area (Å²) in [7, 11) is -7.17. The van der Waals surface area contributed by atoms with Crippen molar-refractivity contribution in [1.82, 2.24) is 14.4 Å². The third-order valence-corrected chi connectivity index (χ3v) is 4.27. The van der Waals surface area contributed by atoms with Crippen molar-refractivity contribution < 1.29 is 21.9 Å². The Hall–Kier alpha value is -1.51. The molecule has 21 heavy (non-hydrogen) atoms. The molecule has 1 aromatic heterocycles. The van der Waals surface area contributed by atoms with E-state index in [2.05, 4.69) is 26.3 Å². The van der Waals surface area contributed by atoms with Crippen molar-refractivity contribution in [3.63, 3.8) is 0 Å². The first-order valence-electron chi connectivity index (χ1n) is 5.74. The predicted molar refractivity (Wildman–Crippen MR) is 76.2 cm³/mol. The van der Waals surface area contributed by atoms with Crippen LogP contribution >= 0.6 is 0 Å². The van der Waals surface area contributed by atoms with E-state index in [9.17, 15) is 16.8 Å². The number of aliphatic hydroxyl groups is 1. The highest BCUT2D eigenvalue weighted by atomic mass is 32.2. The second kappa shape index (κ2) is 7.48. The Balaban J connectivity index is 2.74. The minimum Gasteiger partial charge on any atom is -0.384 e. The first-order chi connectivity index (χ1) is 9.74. The van der Waals surface area contributed by atoms with Crippen LogP contribution in [0.5, 0.6) is 0 Å². The lowest BCUT2D eigenvalue weighted by atomic mass is 10.3. The van der Waals surface area contributed by atoms with Crippen molar-refractivity contribution >= 4 is 20.0 Å². The fraction of sp³-hybridized carbons (Fsp3) is 0.364. The standard InChI is InChI=1S/C11H15N3O5S2/c1-20(16,17)13-4-5-14-21(18,19)11-7-10(3-2-6-15)8-12-9-11/h7-9,13-15H,4-6H2,1H3. The molecule has 0 amide bonds. The highest BCUT2D eigenvalue weighted by Gasteiger charge is 2.14.